The van der Waals surface area contributed by atoms with E-state index in [1.165, 1.54) is 16.3 Å². The van der Waals surface area contributed by atoms with E-state index in [0.717, 1.165) is 5.56 Å². The number of nitrogen functional groups attached to an aromatic ring is 1. The monoisotopic (exact) mass is 220 g/mol. The molecule has 1 heterocycles. The number of hydrogen-bond acceptors (Lipinski definition) is 2. The molecule has 2 heteroatoms. The van der Waals surface area contributed by atoms with E-state index in [1.54, 1.807) is 6.20 Å². The summed E-state index contributed by atoms with van der Waals surface area (Å²) < 4.78 is 0. The van der Waals surface area contributed by atoms with Gasteiger partial charge in [0.1, 0.15) is 0 Å². The Bertz CT molecular complexity index is 669. The molecule has 2 nitrogen and oxygen atoms in total. The van der Waals surface area contributed by atoms with Crippen molar-refractivity contribution in [1.29, 1.82) is 0 Å². The Morgan fingerprint density at radius 1 is 0.882 bits per heavy atom. The second-order valence-corrected chi connectivity index (χ2v) is 4.03. The lowest BCUT2D eigenvalue weighted by molar-refractivity contribution is 1.33. The Labute approximate surface area is 99.7 Å². The van der Waals surface area contributed by atoms with Crippen LogP contribution in [-0.2, 0) is 0 Å². The summed E-state index contributed by atoms with van der Waals surface area (Å²) in [6, 6.07) is 16.5. The molecule has 0 aliphatic rings. The molecular weight excluding hydrogens is 208 g/mol. The van der Waals surface area contributed by atoms with Crippen LogP contribution in [-0.4, -0.2) is 4.98 Å². The van der Waals surface area contributed by atoms with Crippen molar-refractivity contribution in [3.05, 3.63) is 60.9 Å². The summed E-state index contributed by atoms with van der Waals surface area (Å²) in [6.07, 6.45) is 3.51. The fourth-order valence-electron chi connectivity index (χ4n) is 2.08. The minimum Gasteiger partial charge on any atom is -0.397 e. The number of rotatable bonds is 1. The number of fused-ring (bicyclic) bond motifs is 1. The molecule has 0 atom stereocenters. The average molecular weight is 220 g/mol. The van der Waals surface area contributed by atoms with Crippen LogP contribution in [0.2, 0.25) is 0 Å². The zero-order valence-electron chi connectivity index (χ0n) is 9.30. The first-order valence-corrected chi connectivity index (χ1v) is 5.53. The van der Waals surface area contributed by atoms with Crippen LogP contribution in [0.5, 0.6) is 0 Å². The van der Waals surface area contributed by atoms with Crippen molar-refractivity contribution < 1.29 is 0 Å². The van der Waals surface area contributed by atoms with Gasteiger partial charge in [0.2, 0.25) is 0 Å². The standard InChI is InChI=1S/C15H12N2/c16-13-8-12(9-17-10-13)15-7-3-5-11-4-1-2-6-14(11)15/h1-10H,16H2. The zero-order valence-corrected chi connectivity index (χ0v) is 9.30. The number of nitrogens with zero attached hydrogens (tertiary/aromatic N) is 1. The lowest BCUT2D eigenvalue weighted by Crippen LogP contribution is -1.88. The first-order valence-electron chi connectivity index (χ1n) is 5.53. The van der Waals surface area contributed by atoms with E-state index in [4.69, 9.17) is 5.73 Å². The van der Waals surface area contributed by atoms with Gasteiger partial charge in [0, 0.05) is 18.0 Å². The summed E-state index contributed by atoms with van der Waals surface area (Å²) in [5.74, 6) is 0. The molecule has 0 saturated heterocycles. The molecule has 2 aromatic carbocycles. The molecule has 2 N–H and O–H groups in total. The van der Waals surface area contributed by atoms with E-state index < -0.39 is 0 Å². The Morgan fingerprint density at radius 2 is 1.71 bits per heavy atom. The van der Waals surface area contributed by atoms with Gasteiger partial charge in [-0.05, 0) is 22.4 Å². The highest BCUT2D eigenvalue weighted by Crippen LogP contribution is 2.28. The SMILES string of the molecule is Nc1cncc(-c2cccc3ccccc23)c1. The van der Waals surface area contributed by atoms with Crippen LogP contribution in [0, 0.1) is 0 Å². The predicted octanol–water partition coefficient (Wildman–Crippen LogP) is 3.48. The maximum absolute atomic E-state index is 5.78. The Balaban J connectivity index is 2.30. The predicted molar refractivity (Wildman–Crippen MR) is 71.6 cm³/mol. The normalized spacial score (nSPS) is 10.6. The van der Waals surface area contributed by atoms with Gasteiger partial charge in [-0.1, -0.05) is 42.5 Å². The van der Waals surface area contributed by atoms with Crippen molar-refractivity contribution in [2.45, 2.75) is 0 Å². The highest BCUT2D eigenvalue weighted by molar-refractivity contribution is 5.96. The molecule has 3 rings (SSSR count). The zero-order chi connectivity index (χ0) is 11.7. The van der Waals surface area contributed by atoms with Crippen LogP contribution < -0.4 is 5.73 Å². The van der Waals surface area contributed by atoms with E-state index in [0.29, 0.717) is 5.69 Å². The molecule has 0 radical (unpaired) electrons. The van der Waals surface area contributed by atoms with Crippen LogP contribution in [0.1, 0.15) is 0 Å². The van der Waals surface area contributed by atoms with Gasteiger partial charge in [0.25, 0.3) is 0 Å². The van der Waals surface area contributed by atoms with E-state index in [-0.39, 0.29) is 0 Å². The quantitative estimate of drug-likeness (QED) is 0.681. The van der Waals surface area contributed by atoms with Crippen molar-refractivity contribution in [2.24, 2.45) is 0 Å². The first-order chi connectivity index (χ1) is 8.34. The summed E-state index contributed by atoms with van der Waals surface area (Å²) in [7, 11) is 0. The molecule has 0 spiro atoms. The van der Waals surface area contributed by atoms with Crippen molar-refractivity contribution in [3.8, 4) is 11.1 Å². The lowest BCUT2D eigenvalue weighted by Gasteiger charge is -2.06. The molecule has 3 aromatic rings. The molecule has 0 bridgehead atoms. The van der Waals surface area contributed by atoms with Gasteiger partial charge in [0.15, 0.2) is 0 Å². The largest absolute Gasteiger partial charge is 0.397 e. The van der Waals surface area contributed by atoms with E-state index in [1.807, 2.05) is 24.4 Å². The summed E-state index contributed by atoms with van der Waals surface area (Å²) in [5, 5.41) is 2.45. The van der Waals surface area contributed by atoms with Gasteiger partial charge in [-0.3, -0.25) is 4.98 Å². The number of anilines is 1. The molecule has 1 aromatic heterocycles. The molecule has 0 amide bonds. The van der Waals surface area contributed by atoms with Gasteiger partial charge in [-0.15, -0.1) is 0 Å². The van der Waals surface area contributed by atoms with E-state index in [9.17, 15) is 0 Å². The molecule has 17 heavy (non-hydrogen) atoms. The molecular formula is C15H12N2. The third kappa shape index (κ3) is 1.74. The van der Waals surface area contributed by atoms with Gasteiger partial charge >= 0.3 is 0 Å². The lowest BCUT2D eigenvalue weighted by atomic mass is 9.99. The maximum atomic E-state index is 5.78. The second-order valence-electron chi connectivity index (χ2n) is 4.03. The van der Waals surface area contributed by atoms with Gasteiger partial charge in [-0.25, -0.2) is 0 Å². The third-order valence-corrected chi connectivity index (χ3v) is 2.86. The summed E-state index contributed by atoms with van der Waals surface area (Å²) in [4.78, 5) is 4.14. The van der Waals surface area contributed by atoms with Crippen LogP contribution in [0.25, 0.3) is 21.9 Å². The van der Waals surface area contributed by atoms with Crippen LogP contribution in [0.15, 0.2) is 60.9 Å². The molecule has 0 aliphatic heterocycles. The number of benzene rings is 2. The van der Waals surface area contributed by atoms with E-state index in [2.05, 4.69) is 35.3 Å². The fraction of sp³-hybridized carbons (Fsp3) is 0. The number of aromatic nitrogens is 1. The molecule has 0 fully saturated rings. The van der Waals surface area contributed by atoms with Crippen LogP contribution in [0.3, 0.4) is 0 Å². The molecule has 82 valence electrons. The minimum absolute atomic E-state index is 0.690. The Kier molecular flexibility index (Phi) is 2.26. The Hall–Kier alpha value is -2.35. The van der Waals surface area contributed by atoms with Crippen LogP contribution >= 0.6 is 0 Å². The molecule has 0 unspecified atom stereocenters. The fourth-order valence-corrected chi connectivity index (χ4v) is 2.08. The smallest absolute Gasteiger partial charge is 0.0506 e. The van der Waals surface area contributed by atoms with Crippen molar-refractivity contribution in [3.63, 3.8) is 0 Å². The second kappa shape index (κ2) is 3.91. The summed E-state index contributed by atoms with van der Waals surface area (Å²) >= 11 is 0. The first kappa shape index (κ1) is 9.85. The van der Waals surface area contributed by atoms with Crippen molar-refractivity contribution in [1.82, 2.24) is 4.98 Å². The van der Waals surface area contributed by atoms with Gasteiger partial charge in [-0.2, -0.15) is 0 Å². The highest BCUT2D eigenvalue weighted by atomic mass is 14.7. The average Bonchev–Trinajstić information content (AvgIpc) is 2.38. The van der Waals surface area contributed by atoms with Crippen molar-refractivity contribution >= 4 is 16.5 Å². The topological polar surface area (TPSA) is 38.9 Å². The minimum atomic E-state index is 0.690. The number of nitrogens with two attached hydrogens (primary N) is 1. The summed E-state index contributed by atoms with van der Waals surface area (Å²) in [6.45, 7) is 0. The number of pyridine rings is 1. The third-order valence-electron chi connectivity index (χ3n) is 2.86. The highest BCUT2D eigenvalue weighted by Gasteiger charge is 2.03. The van der Waals surface area contributed by atoms with Gasteiger partial charge in [0.05, 0.1) is 5.69 Å². The maximum Gasteiger partial charge on any atom is 0.0506 e. The van der Waals surface area contributed by atoms with Crippen molar-refractivity contribution in [2.75, 3.05) is 5.73 Å². The Morgan fingerprint density at radius 3 is 2.59 bits per heavy atom. The molecule has 0 aliphatic carbocycles. The van der Waals surface area contributed by atoms with Gasteiger partial charge < -0.3 is 5.73 Å². The number of hydrogen-bond donors (Lipinski definition) is 1. The van der Waals surface area contributed by atoms with Crippen LogP contribution in [0.4, 0.5) is 5.69 Å². The van der Waals surface area contributed by atoms with E-state index >= 15 is 0 Å². The summed E-state index contributed by atoms with van der Waals surface area (Å²) in [5.41, 5.74) is 8.69. The molecule has 0 saturated carbocycles.